The van der Waals surface area contributed by atoms with Gasteiger partial charge in [0.1, 0.15) is 24.1 Å². The second-order valence-corrected chi connectivity index (χ2v) is 13.3. The van der Waals surface area contributed by atoms with Crippen LogP contribution in [0.1, 0.15) is 37.0 Å². The number of rotatable bonds is 15. The quantitative estimate of drug-likeness (QED) is 0.174. The van der Waals surface area contributed by atoms with Gasteiger partial charge in [0.25, 0.3) is 10.0 Å². The Morgan fingerprint density at radius 2 is 1.49 bits per heavy atom. The summed E-state index contributed by atoms with van der Waals surface area (Å²) in [5, 5.41) is 3.05. The van der Waals surface area contributed by atoms with E-state index in [1.54, 1.807) is 49.6 Å². The lowest BCUT2D eigenvalue weighted by molar-refractivity contribution is -0.140. The van der Waals surface area contributed by atoms with E-state index in [0.29, 0.717) is 12.2 Å². The Morgan fingerprint density at radius 1 is 0.830 bits per heavy atom. The molecule has 0 aromatic heterocycles. The molecule has 0 unspecified atom stereocenters. The predicted molar refractivity (Wildman–Crippen MR) is 184 cm³/mol. The second-order valence-electron chi connectivity index (χ2n) is 11.4. The van der Waals surface area contributed by atoms with Crippen LogP contribution >= 0.6 is 0 Å². The third-order valence-electron chi connectivity index (χ3n) is 7.97. The lowest BCUT2D eigenvalue weighted by Crippen LogP contribution is -2.54. The molecule has 10 heteroatoms. The van der Waals surface area contributed by atoms with Crippen molar-refractivity contribution >= 4 is 27.5 Å². The van der Waals surface area contributed by atoms with Crippen molar-refractivity contribution in [2.75, 3.05) is 25.1 Å². The maximum atomic E-state index is 14.7. The Morgan fingerprint density at radius 3 is 2.13 bits per heavy atom. The average molecular weight is 658 g/mol. The number of anilines is 1. The van der Waals surface area contributed by atoms with Gasteiger partial charge in [-0.25, -0.2) is 8.42 Å². The van der Waals surface area contributed by atoms with Crippen molar-refractivity contribution in [3.8, 4) is 11.5 Å². The van der Waals surface area contributed by atoms with Crippen molar-refractivity contribution < 1.29 is 27.5 Å². The lowest BCUT2D eigenvalue weighted by atomic mass is 10.0. The third kappa shape index (κ3) is 8.92. The lowest BCUT2D eigenvalue weighted by Gasteiger charge is -2.34. The summed E-state index contributed by atoms with van der Waals surface area (Å²) in [6, 6.07) is 28.7. The van der Waals surface area contributed by atoms with Crippen molar-refractivity contribution in [3.63, 3.8) is 0 Å². The molecule has 9 nitrogen and oxygen atoms in total. The first-order valence-corrected chi connectivity index (χ1v) is 17.0. The van der Waals surface area contributed by atoms with Crippen LogP contribution in [-0.4, -0.2) is 58.0 Å². The maximum Gasteiger partial charge on any atom is 0.264 e. The van der Waals surface area contributed by atoms with Gasteiger partial charge in [-0.1, -0.05) is 73.7 Å². The van der Waals surface area contributed by atoms with Crippen LogP contribution in [-0.2, 0) is 32.6 Å². The molecule has 0 aliphatic carbocycles. The maximum absolute atomic E-state index is 14.7. The van der Waals surface area contributed by atoms with E-state index >= 15 is 0 Å². The molecule has 0 saturated carbocycles. The van der Waals surface area contributed by atoms with Crippen LogP contribution in [0, 0.1) is 6.92 Å². The highest BCUT2D eigenvalue weighted by atomic mass is 32.2. The van der Waals surface area contributed by atoms with Crippen LogP contribution in [0.25, 0.3) is 0 Å². The summed E-state index contributed by atoms with van der Waals surface area (Å²) in [6.07, 6.45) is 0.919. The van der Waals surface area contributed by atoms with E-state index in [1.165, 1.54) is 24.1 Å². The fraction of sp³-hybridized carbons (Fsp3) is 0.297. The third-order valence-corrected chi connectivity index (χ3v) is 9.75. The summed E-state index contributed by atoms with van der Waals surface area (Å²) in [5.41, 5.74) is 2.58. The summed E-state index contributed by atoms with van der Waals surface area (Å²) in [6.45, 7) is 5.17. The number of carbonyl (C=O) groups is 2. The zero-order valence-electron chi connectivity index (χ0n) is 27.6. The number of sulfonamides is 1. The smallest absolute Gasteiger partial charge is 0.264 e. The summed E-state index contributed by atoms with van der Waals surface area (Å²) in [5.74, 6) is -0.00452. The number of benzene rings is 4. The molecule has 2 atom stereocenters. The van der Waals surface area contributed by atoms with Crippen LogP contribution in [0.5, 0.6) is 11.5 Å². The Bertz CT molecular complexity index is 1750. The Labute approximate surface area is 278 Å². The van der Waals surface area contributed by atoms with Gasteiger partial charge < -0.3 is 19.7 Å². The minimum Gasteiger partial charge on any atom is -0.497 e. The van der Waals surface area contributed by atoms with Crippen molar-refractivity contribution in [1.29, 1.82) is 0 Å². The largest absolute Gasteiger partial charge is 0.497 e. The number of methoxy groups -OCH3 is 2. The molecule has 2 amide bonds. The van der Waals surface area contributed by atoms with E-state index in [1.807, 2.05) is 69.3 Å². The van der Waals surface area contributed by atoms with E-state index in [-0.39, 0.29) is 41.2 Å². The first-order valence-electron chi connectivity index (χ1n) is 15.6. The van der Waals surface area contributed by atoms with Gasteiger partial charge in [-0.2, -0.15) is 0 Å². The van der Waals surface area contributed by atoms with E-state index in [9.17, 15) is 18.0 Å². The Balaban J connectivity index is 1.86. The summed E-state index contributed by atoms with van der Waals surface area (Å²) < 4.78 is 40.7. The fourth-order valence-electron chi connectivity index (χ4n) is 5.19. The first-order chi connectivity index (χ1) is 22.6. The molecule has 0 bridgehead atoms. The van der Waals surface area contributed by atoms with Crippen molar-refractivity contribution in [2.45, 2.75) is 57.1 Å². The molecule has 248 valence electrons. The summed E-state index contributed by atoms with van der Waals surface area (Å²) in [4.78, 5) is 30.2. The van der Waals surface area contributed by atoms with E-state index in [2.05, 4.69) is 5.32 Å². The monoisotopic (exact) mass is 657 g/mol. The van der Waals surface area contributed by atoms with Gasteiger partial charge in [-0.05, 0) is 73.4 Å². The standard InChI is InChI=1S/C37H43N3O6S/c1-6-28(3)38-37(42)34(24-29-14-9-7-10-15-29)39(25-30-16-13-17-31(23-30)45-4)36(41)26-40(33-22-27(2)20-21-35(33)46-5)47(43,44)32-18-11-8-12-19-32/h7-23,28,34H,6,24-26H2,1-5H3,(H,38,42)/t28-,34+/m1/s1. The molecular formula is C37H43N3O6S. The zero-order chi connectivity index (χ0) is 34.0. The van der Waals surface area contributed by atoms with Crippen LogP contribution in [0.4, 0.5) is 5.69 Å². The molecular weight excluding hydrogens is 614 g/mol. The Hall–Kier alpha value is -4.83. The van der Waals surface area contributed by atoms with Gasteiger partial charge in [0.15, 0.2) is 0 Å². The highest BCUT2D eigenvalue weighted by molar-refractivity contribution is 7.92. The van der Waals surface area contributed by atoms with Gasteiger partial charge in [0, 0.05) is 19.0 Å². The molecule has 4 rings (SSSR count). The van der Waals surface area contributed by atoms with Crippen LogP contribution in [0.15, 0.2) is 108 Å². The molecule has 0 saturated heterocycles. The molecule has 0 radical (unpaired) electrons. The minimum absolute atomic E-state index is 0.0195. The first kappa shape index (κ1) is 35.0. The molecule has 4 aromatic rings. The van der Waals surface area contributed by atoms with E-state index in [0.717, 1.165) is 21.0 Å². The van der Waals surface area contributed by atoms with E-state index in [4.69, 9.17) is 9.47 Å². The summed E-state index contributed by atoms with van der Waals surface area (Å²) >= 11 is 0. The second kappa shape index (κ2) is 16.1. The number of ether oxygens (including phenoxy) is 2. The van der Waals surface area contributed by atoms with Crippen LogP contribution < -0.4 is 19.1 Å². The molecule has 4 aromatic carbocycles. The highest BCUT2D eigenvalue weighted by Crippen LogP contribution is 2.34. The molecule has 0 fully saturated rings. The number of aryl methyl sites for hydroxylation is 1. The summed E-state index contributed by atoms with van der Waals surface area (Å²) in [7, 11) is -1.25. The number of hydrogen-bond acceptors (Lipinski definition) is 6. The fourth-order valence-corrected chi connectivity index (χ4v) is 6.63. The number of carbonyl (C=O) groups excluding carboxylic acids is 2. The number of nitrogens with zero attached hydrogens (tertiary/aromatic N) is 2. The molecule has 0 heterocycles. The van der Waals surface area contributed by atoms with Crippen molar-refractivity contribution in [3.05, 3.63) is 120 Å². The normalized spacial score (nSPS) is 12.4. The minimum atomic E-state index is -4.26. The number of amides is 2. The zero-order valence-corrected chi connectivity index (χ0v) is 28.4. The topological polar surface area (TPSA) is 105 Å². The van der Waals surface area contributed by atoms with Crippen molar-refractivity contribution in [2.24, 2.45) is 0 Å². The molecule has 1 N–H and O–H groups in total. The van der Waals surface area contributed by atoms with Crippen molar-refractivity contribution in [1.82, 2.24) is 10.2 Å². The average Bonchev–Trinajstić information content (AvgIpc) is 3.09. The predicted octanol–water partition coefficient (Wildman–Crippen LogP) is 5.76. The molecule has 0 aliphatic rings. The van der Waals surface area contributed by atoms with Gasteiger partial charge in [0.05, 0.1) is 24.8 Å². The van der Waals surface area contributed by atoms with Crippen LogP contribution in [0.3, 0.4) is 0 Å². The molecule has 0 aliphatic heterocycles. The molecule has 0 spiro atoms. The van der Waals surface area contributed by atoms with Gasteiger partial charge >= 0.3 is 0 Å². The van der Waals surface area contributed by atoms with E-state index < -0.39 is 28.5 Å². The number of hydrogen-bond donors (Lipinski definition) is 1. The highest BCUT2D eigenvalue weighted by Gasteiger charge is 2.36. The Kier molecular flexibility index (Phi) is 12.0. The van der Waals surface area contributed by atoms with Gasteiger partial charge in [-0.3, -0.25) is 13.9 Å². The van der Waals surface area contributed by atoms with Gasteiger partial charge in [0.2, 0.25) is 11.8 Å². The van der Waals surface area contributed by atoms with Crippen LogP contribution in [0.2, 0.25) is 0 Å². The number of nitrogens with one attached hydrogen (secondary N) is 1. The van der Waals surface area contributed by atoms with Gasteiger partial charge in [-0.15, -0.1) is 0 Å². The SMILES string of the molecule is CC[C@@H](C)NC(=O)[C@H](Cc1ccccc1)N(Cc1cccc(OC)c1)C(=O)CN(c1cc(C)ccc1OC)S(=O)(=O)c1ccccc1. The molecule has 47 heavy (non-hydrogen) atoms.